The number of carbonyl (C=O) groups excluding carboxylic acids is 9. The summed E-state index contributed by atoms with van der Waals surface area (Å²) in [6, 6.07) is 30.9. The largest absolute Gasteiger partial charge is 0.478 e. The van der Waals surface area contributed by atoms with Gasteiger partial charge in [0.2, 0.25) is 12.0 Å². The third-order valence-corrected chi connectivity index (χ3v) is 21.6. The first-order chi connectivity index (χ1) is 45.4. The molecule has 24 nitrogen and oxygen atoms in total. The molecule has 510 valence electrons. The van der Waals surface area contributed by atoms with Crippen LogP contribution >= 0.6 is 0 Å². The minimum absolute atomic E-state index is 0.00807. The van der Waals surface area contributed by atoms with E-state index in [0.717, 1.165) is 6.92 Å². The highest BCUT2D eigenvalue weighted by molar-refractivity contribution is 7.86. The van der Waals surface area contributed by atoms with E-state index in [2.05, 4.69) is 16.0 Å². The summed E-state index contributed by atoms with van der Waals surface area (Å²) in [6.45, 7) is 10.1. The summed E-state index contributed by atoms with van der Waals surface area (Å²) in [5.74, 6) is -11.4. The monoisotopic (exact) mass is 1340 g/mol. The van der Waals surface area contributed by atoms with Crippen LogP contribution in [0.2, 0.25) is 0 Å². The summed E-state index contributed by atoms with van der Waals surface area (Å²) in [5, 5.41) is 43.8. The fourth-order valence-corrected chi connectivity index (χ4v) is 16.7. The number of esters is 4. The number of hydrogen-bond donors (Lipinski definition) is 6. The first-order valence-corrected chi connectivity index (χ1v) is 33.0. The van der Waals surface area contributed by atoms with Crippen LogP contribution in [0.5, 0.6) is 0 Å². The van der Waals surface area contributed by atoms with Gasteiger partial charge in [-0.05, 0) is 64.8 Å². The van der Waals surface area contributed by atoms with Gasteiger partial charge in [0.15, 0.2) is 23.3 Å². The molecule has 6 aliphatic rings. The fraction of sp³-hybridized carbons (Fsp3) is 0.465. The number of ketones is 2. The number of fused-ring (bicyclic) bond motifs is 6. The lowest BCUT2D eigenvalue weighted by Crippen LogP contribution is -2.81. The van der Waals surface area contributed by atoms with Crippen molar-refractivity contribution in [1.82, 2.24) is 16.0 Å². The lowest BCUT2D eigenvalue weighted by atomic mass is 9.44. The van der Waals surface area contributed by atoms with Crippen molar-refractivity contribution >= 4 is 70.1 Å². The van der Waals surface area contributed by atoms with Gasteiger partial charge < -0.3 is 64.4 Å². The van der Waals surface area contributed by atoms with E-state index in [1.54, 1.807) is 137 Å². The number of carboxylic acid groups (broad SMARTS) is 1. The van der Waals surface area contributed by atoms with Gasteiger partial charge in [-0.1, -0.05) is 137 Å². The van der Waals surface area contributed by atoms with Gasteiger partial charge in [0.1, 0.15) is 36.5 Å². The van der Waals surface area contributed by atoms with Crippen LogP contribution in [0.15, 0.2) is 144 Å². The molecular weight excluding hydrogens is 1260 g/mol. The summed E-state index contributed by atoms with van der Waals surface area (Å²) < 4.78 is 57.0. The number of ether oxygens (including phenoxy) is 7. The molecule has 2 heterocycles. The fourth-order valence-electron chi connectivity index (χ4n) is 14.8. The molecule has 3 amide bonds. The Morgan fingerprint density at radius 3 is 2.02 bits per heavy atom. The summed E-state index contributed by atoms with van der Waals surface area (Å²) in [5.41, 5.74) is -7.62. The van der Waals surface area contributed by atoms with E-state index < -0.39 is 183 Å². The third-order valence-electron chi connectivity index (χ3n) is 19.8. The van der Waals surface area contributed by atoms with E-state index in [0.29, 0.717) is 11.1 Å². The van der Waals surface area contributed by atoms with Crippen LogP contribution < -0.4 is 16.0 Å². The molecule has 2 aliphatic heterocycles. The van der Waals surface area contributed by atoms with Crippen molar-refractivity contribution in [3.05, 3.63) is 166 Å². The van der Waals surface area contributed by atoms with Crippen LogP contribution in [0.3, 0.4) is 0 Å². The summed E-state index contributed by atoms with van der Waals surface area (Å²) in [4.78, 5) is 140. The second-order valence-corrected chi connectivity index (χ2v) is 28.6. The maximum Gasteiger partial charge on any atom is 0.407 e. The number of amides is 3. The Bertz CT molecular complexity index is 3810. The molecule has 0 radical (unpaired) electrons. The topological polar surface area (TPSA) is 349 Å². The number of nitrogens with one attached hydrogen (secondary N) is 3. The van der Waals surface area contributed by atoms with Crippen molar-refractivity contribution in [2.45, 2.75) is 153 Å². The van der Waals surface area contributed by atoms with Crippen LogP contribution in [0.4, 0.5) is 4.79 Å². The highest BCUT2D eigenvalue weighted by Crippen LogP contribution is 2.64. The second-order valence-electron chi connectivity index (χ2n) is 27.0. The number of benzene rings is 4. The van der Waals surface area contributed by atoms with Crippen LogP contribution in [0, 0.1) is 28.1 Å². The number of aliphatic carboxylic acids is 1. The van der Waals surface area contributed by atoms with Crippen LogP contribution in [0.1, 0.15) is 108 Å². The maximum absolute atomic E-state index is 16.0. The molecule has 4 aromatic carbocycles. The summed E-state index contributed by atoms with van der Waals surface area (Å²) in [6.07, 6.45) is -12.2. The second kappa shape index (κ2) is 27.8. The number of carbonyl (C=O) groups is 10. The number of alkyl carbamates (subject to hydrolysis) is 1. The number of aliphatic hydroxyl groups excluding tert-OH is 1. The van der Waals surface area contributed by atoms with Gasteiger partial charge in [-0.3, -0.25) is 37.8 Å². The number of aliphatic hydroxyl groups is 2. The molecule has 10 rings (SSSR count). The normalized spacial score (nSPS) is 29.3. The van der Waals surface area contributed by atoms with Crippen LogP contribution in [-0.4, -0.2) is 163 Å². The minimum atomic E-state index is -2.34. The van der Waals surface area contributed by atoms with Crippen molar-refractivity contribution in [3.63, 3.8) is 0 Å². The van der Waals surface area contributed by atoms with Crippen molar-refractivity contribution in [2.75, 3.05) is 25.5 Å². The molecule has 3 unspecified atom stereocenters. The molecule has 6 N–H and O–H groups in total. The Morgan fingerprint density at radius 2 is 1.43 bits per heavy atom. The predicted octanol–water partition coefficient (Wildman–Crippen LogP) is 5.23. The zero-order chi connectivity index (χ0) is 69.4. The Balaban J connectivity index is 0.940. The number of carboxylic acids is 1. The highest BCUT2D eigenvalue weighted by Gasteiger charge is 2.78. The average Bonchev–Trinajstić information content (AvgIpc) is 0.670. The van der Waals surface area contributed by atoms with Crippen molar-refractivity contribution < 1.29 is 101 Å². The van der Waals surface area contributed by atoms with Crippen molar-refractivity contribution in [3.8, 4) is 0 Å². The Labute approximate surface area is 556 Å². The summed E-state index contributed by atoms with van der Waals surface area (Å²) in [7, 11) is -1.87. The number of Topliss-reactive ketones (excluding diaryl/α,β-unsaturated/α-hetero) is 2. The van der Waals surface area contributed by atoms with Gasteiger partial charge in [0, 0.05) is 66.7 Å². The predicted molar refractivity (Wildman–Crippen MR) is 341 cm³/mol. The van der Waals surface area contributed by atoms with Gasteiger partial charge in [-0.25, -0.2) is 14.4 Å². The van der Waals surface area contributed by atoms with Gasteiger partial charge >= 0.3 is 35.9 Å². The molecule has 25 heteroatoms. The molecule has 0 spiro atoms. The van der Waals surface area contributed by atoms with Gasteiger partial charge in [-0.2, -0.15) is 0 Å². The van der Waals surface area contributed by atoms with Crippen LogP contribution in [0.25, 0.3) is 0 Å². The molecule has 4 aromatic rings. The minimum Gasteiger partial charge on any atom is -0.478 e. The SMILES string of the molecule is CC(=O)O[C@H]1C(=O)[C@@]2(C)[C@H]([C@H](OCc3ccccc3)[C@]3(O)C[C@H](OC(=O)[C@@H](OC(=O)CC(C)(C)CNC(=O)OCC4=C(C(=O)O)C5C(=O)[C@@H](NC(=O)Cc6ccccc6)C5S(=O)C4)[C@H](NC(=O)c4ccccc4)c4ccccc4)C(C)=C1C3(C)C)[C@]1(OC(C)=O)CO[C@@H]1C[C@@H]2O. The lowest BCUT2D eigenvalue weighted by molar-refractivity contribution is -0.351. The van der Waals surface area contributed by atoms with E-state index >= 15 is 9.59 Å². The highest BCUT2D eigenvalue weighted by atomic mass is 32.2. The quantitative estimate of drug-likeness (QED) is 0.0333. The van der Waals surface area contributed by atoms with Crippen molar-refractivity contribution in [1.29, 1.82) is 0 Å². The van der Waals surface area contributed by atoms with Gasteiger partial charge in [-0.15, -0.1) is 0 Å². The molecule has 4 aliphatic carbocycles. The van der Waals surface area contributed by atoms with E-state index in [4.69, 9.17) is 33.2 Å². The first kappa shape index (κ1) is 70.1. The molecule has 0 aromatic heterocycles. The maximum atomic E-state index is 16.0. The van der Waals surface area contributed by atoms with E-state index in [1.807, 2.05) is 0 Å². The molecule has 96 heavy (non-hydrogen) atoms. The zero-order valence-corrected chi connectivity index (χ0v) is 55.2. The number of rotatable bonds is 22. The van der Waals surface area contributed by atoms with E-state index in [1.165, 1.54) is 32.9 Å². The molecule has 1 saturated heterocycles. The first-order valence-electron chi connectivity index (χ1n) is 31.6. The lowest BCUT2D eigenvalue weighted by Gasteiger charge is -2.67. The van der Waals surface area contributed by atoms with Crippen molar-refractivity contribution in [2.24, 2.45) is 28.1 Å². The van der Waals surface area contributed by atoms with E-state index in [-0.39, 0.29) is 71.8 Å². The molecular formula is C71H79N3O21S. The van der Waals surface area contributed by atoms with Gasteiger partial charge in [0.25, 0.3) is 5.91 Å². The third kappa shape index (κ3) is 13.6. The average molecular weight is 1340 g/mol. The zero-order valence-electron chi connectivity index (χ0n) is 54.4. The molecule has 3 saturated carbocycles. The number of hydrogen-bond acceptors (Lipinski definition) is 20. The molecule has 2 bridgehead atoms. The Hall–Kier alpha value is -8.75. The summed E-state index contributed by atoms with van der Waals surface area (Å²) >= 11 is 0. The molecule has 4 fully saturated rings. The Kier molecular flexibility index (Phi) is 20.3. The van der Waals surface area contributed by atoms with E-state index in [9.17, 15) is 57.9 Å². The standard InChI is InChI=1S/C71H79N3O21S/c1-38-46(31-71(87)62(89-33-42-23-15-10-16-24-42)60-69(8,47(77)30-48-70(60,37-91-48)95-40(3)76)61(81)57(92-39(2)75)53(38)68(71,6)7)93-65(85)58(54(43-25-17-11-18-26-43)74-63(82)44-27-19-12-20-28-44)94-50(79)32-67(4,5)36-72-66(86)90-34-45-35-96(88)59-52(51(45)64(83)84)56(80)55(59)73-49(78)29-41-21-13-9-14-22-41/h9-28,46-48,52,54-55,57-60,62,77,87H,29-37H2,1-8H3,(H,72,86)(H,73,78)(H,74,82)(H,83,84)/t46-,47-,48+,52?,54+,55+,57+,58-,59?,60-,62-,69+,70-,71+,96?/m0/s1. The molecule has 15 atom stereocenters. The smallest absolute Gasteiger partial charge is 0.407 e. The van der Waals surface area contributed by atoms with Gasteiger partial charge in [0.05, 0.1) is 60.4 Å². The van der Waals surface area contributed by atoms with Crippen LogP contribution in [-0.2, 0) is 95.3 Å². The Morgan fingerprint density at radius 1 is 0.812 bits per heavy atom.